The van der Waals surface area contributed by atoms with Gasteiger partial charge in [0.25, 0.3) is 0 Å². The van der Waals surface area contributed by atoms with E-state index in [1.54, 1.807) is 19.1 Å². The molecule has 0 amide bonds. The first-order valence-electron chi connectivity index (χ1n) is 8.37. The van der Waals surface area contributed by atoms with Gasteiger partial charge < -0.3 is 0 Å². The van der Waals surface area contributed by atoms with Gasteiger partial charge >= 0.3 is 0 Å². The Morgan fingerprint density at radius 3 is 2.30 bits per heavy atom. The summed E-state index contributed by atoms with van der Waals surface area (Å²) in [6, 6.07) is 0. The van der Waals surface area contributed by atoms with Gasteiger partial charge in [-0.1, -0.05) is 40.7 Å². The van der Waals surface area contributed by atoms with Crippen molar-refractivity contribution in [3.05, 3.63) is 41.4 Å². The Morgan fingerprint density at radius 1 is 1.26 bits per heavy atom. The fraction of sp³-hybridized carbons (Fsp3) is 0.600. The number of carbonyl (C=O) groups is 1. The summed E-state index contributed by atoms with van der Waals surface area (Å²) >= 11 is 0. The number of rotatable bonds is 5. The molecule has 1 unspecified atom stereocenters. The van der Waals surface area contributed by atoms with E-state index in [2.05, 4.69) is 5.73 Å². The van der Waals surface area contributed by atoms with Crippen LogP contribution in [0.4, 0.5) is 8.78 Å². The molecule has 1 aliphatic carbocycles. The van der Waals surface area contributed by atoms with E-state index in [9.17, 15) is 13.6 Å². The summed E-state index contributed by atoms with van der Waals surface area (Å²) in [6.45, 7) is 13.0. The largest absolute Gasteiger partial charge is 0.296 e. The minimum absolute atomic E-state index is 0.247. The predicted octanol–water partition coefficient (Wildman–Crippen LogP) is 6.67. The minimum Gasteiger partial charge on any atom is -0.296 e. The summed E-state index contributed by atoms with van der Waals surface area (Å²) in [7, 11) is 0. The molecule has 1 atom stereocenters. The molecule has 0 saturated heterocycles. The van der Waals surface area contributed by atoms with E-state index in [0.717, 1.165) is 12.0 Å². The van der Waals surface area contributed by atoms with E-state index >= 15 is 0 Å². The number of allylic oxidation sites excluding steroid dienone is 5. The van der Waals surface area contributed by atoms with Gasteiger partial charge in [-0.3, -0.25) is 4.79 Å². The second-order valence-corrected chi connectivity index (χ2v) is 5.82. The summed E-state index contributed by atoms with van der Waals surface area (Å²) in [6.07, 6.45) is 7.63. The summed E-state index contributed by atoms with van der Waals surface area (Å²) in [4.78, 5) is 11.2. The first-order chi connectivity index (χ1) is 10.7. The summed E-state index contributed by atoms with van der Waals surface area (Å²) in [5, 5.41) is 0. The molecule has 132 valence electrons. The number of hydrogen-bond donors (Lipinski definition) is 0. The minimum atomic E-state index is -1.60. The smallest absolute Gasteiger partial charge is 0.169 e. The van der Waals surface area contributed by atoms with Crippen LogP contribution >= 0.6 is 0 Å². The van der Waals surface area contributed by atoms with Crippen LogP contribution < -0.4 is 0 Å². The van der Waals surface area contributed by atoms with Crippen molar-refractivity contribution in [2.75, 3.05) is 0 Å². The zero-order chi connectivity index (χ0) is 18.5. The van der Waals surface area contributed by atoms with Gasteiger partial charge in [-0.05, 0) is 50.3 Å². The van der Waals surface area contributed by atoms with Crippen molar-refractivity contribution in [1.29, 1.82) is 0 Å². The van der Waals surface area contributed by atoms with Crippen LogP contribution in [0.5, 0.6) is 0 Å². The van der Waals surface area contributed by atoms with Crippen LogP contribution in [-0.2, 0) is 4.79 Å². The molecule has 23 heavy (non-hydrogen) atoms. The highest BCUT2D eigenvalue weighted by molar-refractivity contribution is 5.86. The Hall–Kier alpha value is -1.47. The van der Waals surface area contributed by atoms with Gasteiger partial charge in [0.15, 0.2) is 11.5 Å². The maximum atomic E-state index is 13.3. The maximum Gasteiger partial charge on any atom is 0.169 e. The summed E-state index contributed by atoms with van der Waals surface area (Å²) in [5.74, 6) is -0.0246. The fourth-order valence-corrected chi connectivity index (χ4v) is 1.44. The van der Waals surface area contributed by atoms with Gasteiger partial charge in [-0.2, -0.15) is 0 Å². The first-order valence-corrected chi connectivity index (χ1v) is 8.37. The maximum absolute atomic E-state index is 13.3. The molecule has 0 spiro atoms. The van der Waals surface area contributed by atoms with Crippen LogP contribution in [0.25, 0.3) is 0 Å². The lowest BCUT2D eigenvalue weighted by Crippen LogP contribution is -2.29. The highest BCUT2D eigenvalue weighted by Gasteiger charge is 2.29. The van der Waals surface area contributed by atoms with Gasteiger partial charge in [-0.15, -0.1) is 5.73 Å². The van der Waals surface area contributed by atoms with Crippen LogP contribution in [0.3, 0.4) is 0 Å². The van der Waals surface area contributed by atoms with E-state index in [1.165, 1.54) is 19.1 Å². The lowest BCUT2D eigenvalue weighted by molar-refractivity contribution is -0.130. The standard InChI is InChI=1S/C10H19FO.C8H7F.C2H6/c1-5-10(4,11)9(12)7-6-8(2)3;1-7-3-2-4-8(9)6-5-7;1-2/h8H,5-7H2,1-4H3;3-6H,1H3;1-2H3. The predicted molar refractivity (Wildman–Crippen MR) is 95.8 cm³/mol. The molecule has 0 bridgehead atoms. The number of alkyl halides is 1. The molecule has 1 aliphatic rings. The average Bonchev–Trinajstić information content (AvgIpc) is 2.71. The van der Waals surface area contributed by atoms with Crippen LogP contribution in [0, 0.1) is 5.92 Å². The van der Waals surface area contributed by atoms with Crippen molar-refractivity contribution >= 4 is 5.78 Å². The third kappa shape index (κ3) is 12.7. The molecular weight excluding hydrogens is 294 g/mol. The topological polar surface area (TPSA) is 17.1 Å². The molecule has 0 radical (unpaired) electrons. The summed E-state index contributed by atoms with van der Waals surface area (Å²) < 4.78 is 25.6. The monoisotopic (exact) mass is 326 g/mol. The van der Waals surface area contributed by atoms with Crippen molar-refractivity contribution in [3.8, 4) is 0 Å². The van der Waals surface area contributed by atoms with Crippen LogP contribution in [0.2, 0.25) is 0 Å². The van der Waals surface area contributed by atoms with Crippen molar-refractivity contribution < 1.29 is 13.6 Å². The van der Waals surface area contributed by atoms with E-state index in [0.29, 0.717) is 12.3 Å². The molecule has 0 aromatic carbocycles. The zero-order valence-electron chi connectivity index (χ0n) is 15.7. The molecule has 0 N–H and O–H groups in total. The molecule has 0 aliphatic heterocycles. The van der Waals surface area contributed by atoms with Crippen molar-refractivity contribution in [1.82, 2.24) is 0 Å². The molecule has 0 saturated carbocycles. The average molecular weight is 326 g/mol. The van der Waals surface area contributed by atoms with Gasteiger partial charge in [0.1, 0.15) is 5.83 Å². The quantitative estimate of drug-likeness (QED) is 0.516. The number of carbonyl (C=O) groups excluding carboxylic acids is 1. The Balaban J connectivity index is 0. The molecule has 0 fully saturated rings. The molecule has 0 aromatic rings. The van der Waals surface area contributed by atoms with E-state index in [1.807, 2.05) is 34.6 Å². The molecular formula is C20H32F2O. The van der Waals surface area contributed by atoms with E-state index in [4.69, 9.17) is 0 Å². The number of hydrogen-bond acceptors (Lipinski definition) is 1. The lowest BCUT2D eigenvalue weighted by atomic mass is 9.94. The summed E-state index contributed by atoms with van der Waals surface area (Å²) in [5.41, 5.74) is 2.10. The highest BCUT2D eigenvalue weighted by Crippen LogP contribution is 2.20. The number of halogens is 2. The fourth-order valence-electron chi connectivity index (χ4n) is 1.44. The first kappa shape index (κ1) is 23.8. The van der Waals surface area contributed by atoms with E-state index in [-0.39, 0.29) is 18.0 Å². The normalized spacial score (nSPS) is 15.2. The number of Topliss-reactive ketones (excluding diaryl/α,β-unsaturated/α-hetero) is 1. The van der Waals surface area contributed by atoms with Crippen LogP contribution in [0.15, 0.2) is 41.4 Å². The molecule has 0 aromatic heterocycles. The third-order valence-corrected chi connectivity index (χ3v) is 3.23. The Bertz CT molecular complexity index is 440. The molecule has 1 rings (SSSR count). The number of ketones is 1. The van der Waals surface area contributed by atoms with Crippen LogP contribution in [0.1, 0.15) is 67.7 Å². The second kappa shape index (κ2) is 13.0. The zero-order valence-corrected chi connectivity index (χ0v) is 15.7. The molecule has 1 nitrogen and oxygen atoms in total. The van der Waals surface area contributed by atoms with Crippen molar-refractivity contribution in [2.45, 2.75) is 73.4 Å². The Morgan fingerprint density at radius 2 is 1.83 bits per heavy atom. The second-order valence-electron chi connectivity index (χ2n) is 5.82. The Kier molecular flexibility index (Phi) is 13.5. The van der Waals surface area contributed by atoms with Crippen LogP contribution in [-0.4, -0.2) is 11.5 Å². The highest BCUT2D eigenvalue weighted by atomic mass is 19.1. The van der Waals surface area contributed by atoms with Crippen molar-refractivity contribution in [2.24, 2.45) is 5.92 Å². The SMILES string of the molecule is CC.CC1=CC=C(F)C=C=C1.CCC(C)(F)C(=O)CCC(C)C. The van der Waals surface area contributed by atoms with Gasteiger partial charge in [0, 0.05) is 12.5 Å². The van der Waals surface area contributed by atoms with Gasteiger partial charge in [-0.25, -0.2) is 8.78 Å². The molecule has 0 heterocycles. The Labute approximate surface area is 140 Å². The molecule has 3 heteroatoms. The third-order valence-electron chi connectivity index (χ3n) is 3.23. The van der Waals surface area contributed by atoms with Gasteiger partial charge in [0.05, 0.1) is 0 Å². The van der Waals surface area contributed by atoms with Crippen molar-refractivity contribution in [3.63, 3.8) is 0 Å². The van der Waals surface area contributed by atoms with Gasteiger partial charge in [0.2, 0.25) is 0 Å². The lowest BCUT2D eigenvalue weighted by Gasteiger charge is -2.16. The van der Waals surface area contributed by atoms with E-state index < -0.39 is 5.67 Å².